The number of ether oxygens (including phenoxy) is 1. The molecular formula is C14H18O2S2. The first kappa shape index (κ1) is 14.0. The Labute approximate surface area is 117 Å². The van der Waals surface area contributed by atoms with Crippen molar-refractivity contribution in [2.45, 2.75) is 16.9 Å². The normalized spacial score (nSPS) is 19.7. The lowest BCUT2D eigenvalue weighted by atomic mass is 9.84. The van der Waals surface area contributed by atoms with E-state index >= 15 is 0 Å². The van der Waals surface area contributed by atoms with E-state index < -0.39 is 0 Å². The highest BCUT2D eigenvalue weighted by atomic mass is 32.2. The van der Waals surface area contributed by atoms with E-state index in [1.807, 2.05) is 41.7 Å². The molecular weight excluding hydrogens is 264 g/mol. The van der Waals surface area contributed by atoms with Crippen molar-refractivity contribution in [3.63, 3.8) is 0 Å². The van der Waals surface area contributed by atoms with Gasteiger partial charge in [-0.15, -0.1) is 23.5 Å². The van der Waals surface area contributed by atoms with Gasteiger partial charge in [-0.1, -0.05) is 25.1 Å². The third-order valence-corrected chi connectivity index (χ3v) is 6.87. The Hall–Kier alpha value is -0.450. The van der Waals surface area contributed by atoms with Gasteiger partial charge in [0.15, 0.2) is 0 Å². The van der Waals surface area contributed by atoms with E-state index in [4.69, 9.17) is 4.74 Å². The number of carbonyl (C=O) groups excluding carboxylic acids is 1. The fourth-order valence-corrected chi connectivity index (χ4v) is 5.58. The van der Waals surface area contributed by atoms with E-state index in [-0.39, 0.29) is 5.41 Å². The molecule has 0 saturated carbocycles. The Morgan fingerprint density at radius 3 is 2.78 bits per heavy atom. The average molecular weight is 282 g/mol. The van der Waals surface area contributed by atoms with Crippen molar-refractivity contribution in [2.24, 2.45) is 0 Å². The van der Waals surface area contributed by atoms with Gasteiger partial charge in [-0.3, -0.25) is 4.79 Å². The molecule has 0 aromatic heterocycles. The molecule has 1 unspecified atom stereocenters. The Kier molecular flexibility index (Phi) is 4.76. The molecule has 1 saturated heterocycles. The van der Waals surface area contributed by atoms with Crippen LogP contribution in [-0.2, 0) is 10.2 Å². The Morgan fingerprint density at radius 2 is 2.17 bits per heavy atom. The molecule has 2 nitrogen and oxygen atoms in total. The highest BCUT2D eigenvalue weighted by molar-refractivity contribution is 8.20. The molecule has 4 heteroatoms. The number of aldehydes is 1. The maximum Gasteiger partial charge on any atom is 0.150 e. The van der Waals surface area contributed by atoms with Gasteiger partial charge < -0.3 is 4.74 Å². The van der Waals surface area contributed by atoms with Gasteiger partial charge in [0.05, 0.1) is 11.2 Å². The topological polar surface area (TPSA) is 26.3 Å². The maximum atomic E-state index is 10.9. The molecule has 0 radical (unpaired) electrons. The van der Waals surface area contributed by atoms with Crippen LogP contribution >= 0.6 is 23.5 Å². The summed E-state index contributed by atoms with van der Waals surface area (Å²) in [5.74, 6) is 2.39. The fourth-order valence-electron chi connectivity index (χ4n) is 2.28. The third-order valence-electron chi connectivity index (χ3n) is 3.27. The summed E-state index contributed by atoms with van der Waals surface area (Å²) in [6.45, 7) is 2.91. The van der Waals surface area contributed by atoms with Crippen LogP contribution in [0.2, 0.25) is 0 Å². The molecule has 98 valence electrons. The van der Waals surface area contributed by atoms with Crippen LogP contribution in [0.15, 0.2) is 24.3 Å². The molecule has 1 aromatic carbocycles. The van der Waals surface area contributed by atoms with Gasteiger partial charge in [0.2, 0.25) is 0 Å². The van der Waals surface area contributed by atoms with Gasteiger partial charge in [-0.25, -0.2) is 0 Å². The molecule has 0 N–H and O–H groups in total. The number of hydrogen-bond donors (Lipinski definition) is 0. The second-order valence-electron chi connectivity index (χ2n) is 4.67. The zero-order valence-electron chi connectivity index (χ0n) is 10.7. The lowest BCUT2D eigenvalue weighted by Crippen LogP contribution is -2.36. The number of thioether (sulfide) groups is 2. The quantitative estimate of drug-likeness (QED) is 0.775. The smallest absolute Gasteiger partial charge is 0.150 e. The van der Waals surface area contributed by atoms with E-state index in [0.717, 1.165) is 11.8 Å². The minimum atomic E-state index is -0.0421. The van der Waals surface area contributed by atoms with Crippen LogP contribution in [0.3, 0.4) is 0 Å². The number of benzene rings is 1. The number of rotatable bonds is 5. The van der Waals surface area contributed by atoms with Crippen LogP contribution in [-0.4, -0.2) is 36.1 Å². The van der Waals surface area contributed by atoms with Gasteiger partial charge in [0.25, 0.3) is 0 Å². The monoisotopic (exact) mass is 282 g/mol. The molecule has 1 aliphatic rings. The predicted octanol–water partition coefficient (Wildman–Crippen LogP) is 3.21. The Balaban J connectivity index is 2.35. The highest BCUT2D eigenvalue weighted by Crippen LogP contribution is 2.46. The second-order valence-corrected chi connectivity index (χ2v) is 7.39. The molecule has 0 amide bonds. The molecule has 1 atom stereocenters. The summed E-state index contributed by atoms with van der Waals surface area (Å²) in [7, 11) is 1.74. The van der Waals surface area contributed by atoms with Gasteiger partial charge >= 0.3 is 0 Å². The third kappa shape index (κ3) is 2.76. The van der Waals surface area contributed by atoms with Gasteiger partial charge in [0, 0.05) is 29.6 Å². The van der Waals surface area contributed by atoms with Gasteiger partial charge in [-0.2, -0.15) is 0 Å². The summed E-state index contributed by atoms with van der Waals surface area (Å²) in [5.41, 5.74) is 1.89. The van der Waals surface area contributed by atoms with Crippen molar-refractivity contribution in [3.8, 4) is 0 Å². The maximum absolute atomic E-state index is 10.9. The Bertz CT molecular complexity index is 416. The van der Waals surface area contributed by atoms with Crippen molar-refractivity contribution in [1.29, 1.82) is 0 Å². The van der Waals surface area contributed by atoms with E-state index in [9.17, 15) is 4.79 Å². The molecule has 0 aliphatic carbocycles. The van der Waals surface area contributed by atoms with Crippen LogP contribution in [0.25, 0.3) is 0 Å². The standard InChI is InChI=1S/C14H18O2S2/c1-14(10-16-2,13-17-6-7-18-13)12-5-3-4-11(8-12)9-15/h3-5,8-9,13H,6-7,10H2,1-2H3. The highest BCUT2D eigenvalue weighted by Gasteiger charge is 2.39. The average Bonchev–Trinajstić information content (AvgIpc) is 2.93. The van der Waals surface area contributed by atoms with E-state index in [1.54, 1.807) is 7.11 Å². The molecule has 0 spiro atoms. The van der Waals surface area contributed by atoms with Crippen LogP contribution in [0.1, 0.15) is 22.8 Å². The first-order valence-corrected chi connectivity index (χ1v) is 8.08. The fraction of sp³-hybridized carbons (Fsp3) is 0.500. The van der Waals surface area contributed by atoms with Crippen LogP contribution in [0.4, 0.5) is 0 Å². The number of carbonyl (C=O) groups is 1. The SMILES string of the molecule is COCC(C)(c1cccc(C=O)c1)C1SCCS1. The largest absolute Gasteiger partial charge is 0.384 e. The second kappa shape index (κ2) is 6.13. The van der Waals surface area contributed by atoms with E-state index in [0.29, 0.717) is 11.2 Å². The zero-order chi connectivity index (χ0) is 13.0. The molecule has 1 heterocycles. The number of methoxy groups -OCH3 is 1. The Morgan fingerprint density at radius 1 is 1.44 bits per heavy atom. The van der Waals surface area contributed by atoms with Crippen LogP contribution in [0, 0.1) is 0 Å². The summed E-state index contributed by atoms with van der Waals surface area (Å²) in [6.07, 6.45) is 0.908. The summed E-state index contributed by atoms with van der Waals surface area (Å²) in [6, 6.07) is 7.90. The van der Waals surface area contributed by atoms with Crippen molar-refractivity contribution >= 4 is 29.8 Å². The van der Waals surface area contributed by atoms with Crippen LogP contribution < -0.4 is 0 Å². The van der Waals surface area contributed by atoms with Gasteiger partial charge in [0.1, 0.15) is 6.29 Å². The van der Waals surface area contributed by atoms with Crippen molar-refractivity contribution < 1.29 is 9.53 Å². The predicted molar refractivity (Wildman–Crippen MR) is 79.8 cm³/mol. The lowest BCUT2D eigenvalue weighted by molar-refractivity contribution is 0.112. The zero-order valence-corrected chi connectivity index (χ0v) is 12.4. The van der Waals surface area contributed by atoms with Crippen LogP contribution in [0.5, 0.6) is 0 Å². The van der Waals surface area contributed by atoms with Crippen molar-refractivity contribution in [3.05, 3.63) is 35.4 Å². The summed E-state index contributed by atoms with van der Waals surface area (Å²) >= 11 is 3.98. The molecule has 2 rings (SSSR count). The molecule has 1 aliphatic heterocycles. The van der Waals surface area contributed by atoms with E-state index in [2.05, 4.69) is 13.0 Å². The summed E-state index contributed by atoms with van der Waals surface area (Å²) in [4.78, 5) is 10.9. The molecule has 18 heavy (non-hydrogen) atoms. The van der Waals surface area contributed by atoms with Crippen molar-refractivity contribution in [1.82, 2.24) is 0 Å². The minimum absolute atomic E-state index is 0.0421. The summed E-state index contributed by atoms with van der Waals surface area (Å²) in [5, 5.41) is 0. The number of hydrogen-bond acceptors (Lipinski definition) is 4. The van der Waals surface area contributed by atoms with E-state index in [1.165, 1.54) is 17.1 Å². The van der Waals surface area contributed by atoms with Gasteiger partial charge in [-0.05, 0) is 11.6 Å². The lowest BCUT2D eigenvalue weighted by Gasteiger charge is -2.34. The molecule has 1 fully saturated rings. The summed E-state index contributed by atoms with van der Waals surface area (Å²) < 4.78 is 5.93. The molecule has 0 bridgehead atoms. The van der Waals surface area contributed by atoms with Crippen molar-refractivity contribution in [2.75, 3.05) is 25.2 Å². The molecule has 1 aromatic rings. The first-order valence-electron chi connectivity index (χ1n) is 5.98. The first-order chi connectivity index (χ1) is 8.70. The minimum Gasteiger partial charge on any atom is -0.384 e.